The van der Waals surface area contributed by atoms with Crippen LogP contribution < -0.4 is 4.90 Å². The topological polar surface area (TPSA) is 16.1 Å². The molecule has 2 rings (SSSR count). The fraction of sp³-hybridized carbons (Fsp3) is 0.250. The van der Waals surface area contributed by atoms with Crippen LogP contribution in [0.25, 0.3) is 0 Å². The minimum absolute atomic E-state index is 0.401. The SMILES string of the molecule is Cc1ccc(N(C)c2nc(Cl)c(CCl)s2)cc1. The van der Waals surface area contributed by atoms with Gasteiger partial charge in [-0.15, -0.1) is 11.6 Å². The summed E-state index contributed by atoms with van der Waals surface area (Å²) in [6.07, 6.45) is 0. The van der Waals surface area contributed by atoms with Gasteiger partial charge in [0.1, 0.15) is 5.15 Å². The molecule has 90 valence electrons. The monoisotopic (exact) mass is 286 g/mol. The van der Waals surface area contributed by atoms with Crippen LogP contribution in [0.2, 0.25) is 5.15 Å². The number of hydrogen-bond acceptors (Lipinski definition) is 3. The Labute approximate surface area is 115 Å². The maximum atomic E-state index is 5.99. The van der Waals surface area contributed by atoms with Gasteiger partial charge in [-0.1, -0.05) is 40.6 Å². The van der Waals surface area contributed by atoms with Crippen molar-refractivity contribution in [3.05, 3.63) is 39.9 Å². The molecule has 0 aliphatic rings. The van der Waals surface area contributed by atoms with Crippen molar-refractivity contribution in [2.45, 2.75) is 12.8 Å². The predicted octanol–water partition coefficient (Wildman–Crippen LogP) is 4.61. The first kappa shape index (κ1) is 12.7. The molecule has 0 atom stereocenters. The van der Waals surface area contributed by atoms with Crippen LogP contribution in [0.15, 0.2) is 24.3 Å². The Morgan fingerprint density at radius 3 is 2.47 bits per heavy atom. The molecule has 0 fully saturated rings. The predicted molar refractivity (Wildman–Crippen MR) is 75.9 cm³/mol. The van der Waals surface area contributed by atoms with Crippen LogP contribution in [0.4, 0.5) is 10.8 Å². The summed E-state index contributed by atoms with van der Waals surface area (Å²) < 4.78 is 0. The Kier molecular flexibility index (Phi) is 3.92. The molecule has 0 amide bonds. The summed E-state index contributed by atoms with van der Waals surface area (Å²) in [4.78, 5) is 7.22. The zero-order chi connectivity index (χ0) is 12.4. The lowest BCUT2D eigenvalue weighted by atomic mass is 10.2. The number of nitrogens with zero attached hydrogens (tertiary/aromatic N) is 2. The Bertz CT molecular complexity index is 508. The first-order valence-electron chi connectivity index (χ1n) is 5.13. The molecular weight excluding hydrogens is 275 g/mol. The van der Waals surface area contributed by atoms with E-state index < -0.39 is 0 Å². The molecule has 1 aromatic carbocycles. The Hall–Kier alpha value is -0.770. The van der Waals surface area contributed by atoms with E-state index in [0.29, 0.717) is 11.0 Å². The second kappa shape index (κ2) is 5.25. The lowest BCUT2D eigenvalue weighted by Crippen LogP contribution is -2.08. The number of aryl methyl sites for hydroxylation is 1. The van der Waals surface area contributed by atoms with Crippen molar-refractivity contribution in [2.75, 3.05) is 11.9 Å². The lowest BCUT2D eigenvalue weighted by Gasteiger charge is -2.15. The van der Waals surface area contributed by atoms with Crippen LogP contribution in [0.1, 0.15) is 10.4 Å². The maximum absolute atomic E-state index is 5.99. The van der Waals surface area contributed by atoms with Crippen LogP contribution in [0.5, 0.6) is 0 Å². The molecule has 17 heavy (non-hydrogen) atoms. The van der Waals surface area contributed by atoms with Crippen molar-refractivity contribution in [3.63, 3.8) is 0 Å². The number of aromatic nitrogens is 1. The number of benzene rings is 1. The standard InChI is InChI=1S/C12H12Cl2N2S/c1-8-3-5-9(6-4-8)16(2)12-15-11(14)10(7-13)17-12/h3-6H,7H2,1-2H3. The highest BCUT2D eigenvalue weighted by Gasteiger charge is 2.12. The highest BCUT2D eigenvalue weighted by Crippen LogP contribution is 2.33. The van der Waals surface area contributed by atoms with Crippen LogP contribution in [-0.4, -0.2) is 12.0 Å². The number of anilines is 2. The molecular formula is C12H12Cl2N2S. The fourth-order valence-corrected chi connectivity index (χ4v) is 2.88. The number of hydrogen-bond donors (Lipinski definition) is 0. The van der Waals surface area contributed by atoms with Gasteiger partial charge in [-0.25, -0.2) is 4.98 Å². The van der Waals surface area contributed by atoms with Crippen molar-refractivity contribution in [1.29, 1.82) is 0 Å². The fourth-order valence-electron chi connectivity index (χ4n) is 1.43. The summed E-state index contributed by atoms with van der Waals surface area (Å²) in [6, 6.07) is 8.27. The van der Waals surface area contributed by atoms with Gasteiger partial charge >= 0.3 is 0 Å². The van der Waals surface area contributed by atoms with Crippen LogP contribution in [0.3, 0.4) is 0 Å². The molecule has 0 unspecified atom stereocenters. The number of halogens is 2. The third kappa shape index (κ3) is 2.73. The van der Waals surface area contributed by atoms with Gasteiger partial charge in [0.05, 0.1) is 10.8 Å². The molecule has 0 saturated carbocycles. The van der Waals surface area contributed by atoms with Gasteiger partial charge in [-0.05, 0) is 19.1 Å². The van der Waals surface area contributed by atoms with Gasteiger partial charge in [0.25, 0.3) is 0 Å². The van der Waals surface area contributed by atoms with Gasteiger partial charge in [0.2, 0.25) is 0 Å². The summed E-state index contributed by atoms with van der Waals surface area (Å²) in [5, 5.41) is 1.36. The Morgan fingerprint density at radius 2 is 1.94 bits per heavy atom. The van der Waals surface area contributed by atoms with Crippen LogP contribution >= 0.6 is 34.5 Å². The third-order valence-corrected chi connectivity index (χ3v) is 4.45. The second-order valence-electron chi connectivity index (χ2n) is 3.74. The van der Waals surface area contributed by atoms with Gasteiger partial charge in [0, 0.05) is 12.7 Å². The minimum Gasteiger partial charge on any atom is -0.321 e. The van der Waals surface area contributed by atoms with E-state index >= 15 is 0 Å². The zero-order valence-corrected chi connectivity index (χ0v) is 11.9. The minimum atomic E-state index is 0.401. The molecule has 0 radical (unpaired) electrons. The molecule has 0 aliphatic heterocycles. The summed E-state index contributed by atoms with van der Waals surface area (Å²) in [6.45, 7) is 2.07. The van der Waals surface area contributed by atoms with E-state index in [-0.39, 0.29) is 0 Å². The second-order valence-corrected chi connectivity index (χ2v) is 5.43. The average Bonchev–Trinajstić information content (AvgIpc) is 2.70. The molecule has 2 aromatic rings. The van der Waals surface area contributed by atoms with Gasteiger partial charge in [-0.2, -0.15) is 0 Å². The van der Waals surface area contributed by atoms with Crippen molar-refractivity contribution < 1.29 is 0 Å². The molecule has 0 aliphatic carbocycles. The molecule has 0 N–H and O–H groups in total. The van der Waals surface area contributed by atoms with Gasteiger partial charge in [0.15, 0.2) is 5.13 Å². The van der Waals surface area contributed by atoms with E-state index in [1.54, 1.807) is 0 Å². The smallest absolute Gasteiger partial charge is 0.191 e. The van der Waals surface area contributed by atoms with E-state index in [9.17, 15) is 0 Å². The van der Waals surface area contributed by atoms with Crippen molar-refractivity contribution >= 4 is 45.4 Å². The largest absolute Gasteiger partial charge is 0.321 e. The van der Waals surface area contributed by atoms with Gasteiger partial charge in [-0.3, -0.25) is 0 Å². The quantitative estimate of drug-likeness (QED) is 0.766. The summed E-state index contributed by atoms with van der Waals surface area (Å²) >= 11 is 13.3. The third-order valence-electron chi connectivity index (χ3n) is 2.47. The van der Waals surface area contributed by atoms with Crippen molar-refractivity contribution in [1.82, 2.24) is 4.98 Å². The maximum Gasteiger partial charge on any atom is 0.191 e. The molecule has 5 heteroatoms. The van der Waals surface area contributed by atoms with Crippen molar-refractivity contribution in [3.8, 4) is 0 Å². The molecule has 0 bridgehead atoms. The zero-order valence-electron chi connectivity index (χ0n) is 9.58. The lowest BCUT2D eigenvalue weighted by molar-refractivity contribution is 1.17. The van der Waals surface area contributed by atoms with E-state index in [1.165, 1.54) is 16.9 Å². The summed E-state index contributed by atoms with van der Waals surface area (Å²) in [5.41, 5.74) is 2.32. The average molecular weight is 287 g/mol. The number of rotatable bonds is 3. The highest BCUT2D eigenvalue weighted by molar-refractivity contribution is 7.16. The molecule has 1 heterocycles. The van der Waals surface area contributed by atoms with E-state index in [4.69, 9.17) is 23.2 Å². The van der Waals surface area contributed by atoms with Crippen LogP contribution in [0, 0.1) is 6.92 Å². The first-order chi connectivity index (χ1) is 8.11. The van der Waals surface area contributed by atoms with E-state index in [2.05, 4.69) is 36.2 Å². The normalized spacial score (nSPS) is 10.6. The van der Waals surface area contributed by atoms with Crippen LogP contribution in [-0.2, 0) is 5.88 Å². The van der Waals surface area contributed by atoms with Gasteiger partial charge < -0.3 is 4.90 Å². The number of alkyl halides is 1. The Morgan fingerprint density at radius 1 is 1.29 bits per heavy atom. The van der Waals surface area contributed by atoms with E-state index in [1.807, 2.05) is 11.9 Å². The summed E-state index contributed by atoms with van der Waals surface area (Å²) in [7, 11) is 1.97. The molecule has 1 aromatic heterocycles. The molecule has 0 spiro atoms. The molecule has 0 saturated heterocycles. The van der Waals surface area contributed by atoms with Crippen molar-refractivity contribution in [2.24, 2.45) is 0 Å². The summed E-state index contributed by atoms with van der Waals surface area (Å²) in [5.74, 6) is 0.401. The molecule has 2 nitrogen and oxygen atoms in total. The highest BCUT2D eigenvalue weighted by atomic mass is 35.5. The first-order valence-corrected chi connectivity index (χ1v) is 6.86. The Balaban J connectivity index is 2.29. The number of thiazole rings is 1. The van der Waals surface area contributed by atoms with E-state index in [0.717, 1.165) is 15.7 Å².